The standard InChI is InChI=1S/C12H15NO2.C11H13NO2/c1-2-15-11(14)12(13)8-7-9-5-3-4-6-10(9)12;1-14-10(13)11(12)7-6-8-4-2-3-5-9(8)11/h3-6H,2,7-8,13H2,1H3;2-5H,6-7,12H2,1H3/t12-;11-/m11/s1. The second-order valence-corrected chi connectivity index (χ2v) is 7.47. The number of rotatable bonds is 3. The van der Waals surface area contributed by atoms with Crippen molar-refractivity contribution in [2.75, 3.05) is 13.7 Å². The molecule has 0 saturated carbocycles. The Labute approximate surface area is 171 Å². The molecule has 0 radical (unpaired) electrons. The van der Waals surface area contributed by atoms with Gasteiger partial charge in [0, 0.05) is 0 Å². The molecule has 0 spiro atoms. The van der Waals surface area contributed by atoms with Gasteiger partial charge in [-0.05, 0) is 54.9 Å². The second kappa shape index (κ2) is 8.35. The highest BCUT2D eigenvalue weighted by atomic mass is 16.5. The highest BCUT2D eigenvalue weighted by molar-refractivity contribution is 5.84. The molecule has 6 nitrogen and oxygen atoms in total. The molecule has 0 heterocycles. The van der Waals surface area contributed by atoms with Crippen LogP contribution in [0.25, 0.3) is 0 Å². The minimum atomic E-state index is -0.925. The van der Waals surface area contributed by atoms with Crippen molar-refractivity contribution < 1.29 is 19.1 Å². The van der Waals surface area contributed by atoms with Crippen LogP contribution in [0.2, 0.25) is 0 Å². The molecule has 0 aromatic heterocycles. The van der Waals surface area contributed by atoms with Crippen LogP contribution in [0.15, 0.2) is 48.5 Å². The summed E-state index contributed by atoms with van der Waals surface area (Å²) in [6.45, 7) is 2.17. The zero-order valence-corrected chi connectivity index (χ0v) is 16.9. The Balaban J connectivity index is 0.000000166. The first-order chi connectivity index (χ1) is 13.9. The normalized spacial score (nSPS) is 24.0. The van der Waals surface area contributed by atoms with Crippen LogP contribution in [0.4, 0.5) is 0 Å². The SMILES string of the molecule is CCOC(=O)[C@@]1(N)CCc2ccccc21.COC(=O)[C@@]1(N)CCc2ccccc21. The van der Waals surface area contributed by atoms with Crippen molar-refractivity contribution in [2.45, 2.75) is 43.7 Å². The van der Waals surface area contributed by atoms with Gasteiger partial charge < -0.3 is 20.9 Å². The summed E-state index contributed by atoms with van der Waals surface area (Å²) in [5, 5.41) is 0. The Bertz CT molecular complexity index is 913. The lowest BCUT2D eigenvalue weighted by Gasteiger charge is -2.22. The molecule has 4 rings (SSSR count). The van der Waals surface area contributed by atoms with Crippen LogP contribution in [0, 0.1) is 0 Å². The molecule has 0 fully saturated rings. The van der Waals surface area contributed by atoms with Crippen molar-refractivity contribution in [3.8, 4) is 0 Å². The maximum Gasteiger partial charge on any atom is 0.330 e. The van der Waals surface area contributed by atoms with Crippen molar-refractivity contribution in [1.29, 1.82) is 0 Å². The molecule has 0 amide bonds. The third-order valence-electron chi connectivity index (χ3n) is 5.76. The van der Waals surface area contributed by atoms with Crippen LogP contribution in [-0.2, 0) is 43.0 Å². The number of ether oxygens (including phenoxy) is 2. The first kappa shape index (κ1) is 21.0. The number of benzene rings is 2. The fourth-order valence-corrected chi connectivity index (χ4v) is 4.15. The number of hydrogen-bond acceptors (Lipinski definition) is 6. The van der Waals surface area contributed by atoms with E-state index in [1.165, 1.54) is 7.11 Å². The molecule has 0 unspecified atom stereocenters. The Morgan fingerprint density at radius 1 is 0.862 bits per heavy atom. The molecule has 2 atom stereocenters. The van der Waals surface area contributed by atoms with Crippen LogP contribution in [0.5, 0.6) is 0 Å². The minimum absolute atomic E-state index is 0.310. The molecule has 0 aliphatic heterocycles. The quantitative estimate of drug-likeness (QED) is 0.772. The summed E-state index contributed by atoms with van der Waals surface area (Å²) >= 11 is 0. The average Bonchev–Trinajstić information content (AvgIpc) is 3.28. The van der Waals surface area contributed by atoms with E-state index < -0.39 is 11.1 Å². The van der Waals surface area contributed by atoms with Crippen molar-refractivity contribution in [3.05, 3.63) is 70.8 Å². The lowest BCUT2D eigenvalue weighted by atomic mass is 9.93. The summed E-state index contributed by atoms with van der Waals surface area (Å²) in [5.41, 5.74) is 14.5. The number of carbonyl (C=O) groups is 2. The van der Waals surface area contributed by atoms with Gasteiger partial charge in [0.1, 0.15) is 11.1 Å². The van der Waals surface area contributed by atoms with Crippen molar-refractivity contribution in [3.63, 3.8) is 0 Å². The molecular weight excluding hydrogens is 368 g/mol. The van der Waals surface area contributed by atoms with E-state index in [2.05, 4.69) is 0 Å². The van der Waals surface area contributed by atoms with Gasteiger partial charge in [0.05, 0.1) is 13.7 Å². The summed E-state index contributed by atoms with van der Waals surface area (Å²) in [5.74, 6) is -0.655. The van der Waals surface area contributed by atoms with Crippen LogP contribution in [0.1, 0.15) is 42.0 Å². The predicted octanol–water partition coefficient (Wildman–Crippen LogP) is 2.31. The highest BCUT2D eigenvalue weighted by Crippen LogP contribution is 2.36. The highest BCUT2D eigenvalue weighted by Gasteiger charge is 2.43. The number of esters is 2. The van der Waals surface area contributed by atoms with Gasteiger partial charge in [0.15, 0.2) is 0 Å². The van der Waals surface area contributed by atoms with Gasteiger partial charge in [0.2, 0.25) is 0 Å². The van der Waals surface area contributed by atoms with Gasteiger partial charge in [-0.1, -0.05) is 48.5 Å². The Kier molecular flexibility index (Phi) is 6.05. The van der Waals surface area contributed by atoms with E-state index in [4.69, 9.17) is 20.9 Å². The first-order valence-corrected chi connectivity index (χ1v) is 9.87. The molecule has 29 heavy (non-hydrogen) atoms. The lowest BCUT2D eigenvalue weighted by molar-refractivity contribution is -0.150. The van der Waals surface area contributed by atoms with Crippen molar-refractivity contribution >= 4 is 11.9 Å². The van der Waals surface area contributed by atoms with Crippen LogP contribution >= 0.6 is 0 Å². The number of fused-ring (bicyclic) bond motifs is 2. The third-order valence-corrected chi connectivity index (χ3v) is 5.76. The summed E-state index contributed by atoms with van der Waals surface area (Å²) in [4.78, 5) is 23.3. The smallest absolute Gasteiger partial charge is 0.330 e. The number of carbonyl (C=O) groups excluding carboxylic acids is 2. The van der Waals surface area contributed by atoms with Gasteiger partial charge in [-0.2, -0.15) is 0 Å². The second-order valence-electron chi connectivity index (χ2n) is 7.47. The largest absolute Gasteiger partial charge is 0.467 e. The average molecular weight is 396 g/mol. The summed E-state index contributed by atoms with van der Waals surface area (Å²) in [6, 6.07) is 15.6. The van der Waals surface area contributed by atoms with E-state index in [0.29, 0.717) is 19.4 Å². The van der Waals surface area contributed by atoms with Crippen LogP contribution < -0.4 is 11.5 Å². The van der Waals surface area contributed by atoms with Crippen molar-refractivity contribution in [1.82, 2.24) is 0 Å². The number of methoxy groups -OCH3 is 1. The fourth-order valence-electron chi connectivity index (χ4n) is 4.15. The zero-order chi connectivity index (χ0) is 21.1. The van der Waals surface area contributed by atoms with Crippen LogP contribution in [0.3, 0.4) is 0 Å². The van der Waals surface area contributed by atoms with Gasteiger partial charge in [-0.25, -0.2) is 9.59 Å². The molecule has 2 aliphatic carbocycles. The predicted molar refractivity (Wildman–Crippen MR) is 110 cm³/mol. The van der Waals surface area contributed by atoms with E-state index in [1.807, 2.05) is 48.5 Å². The summed E-state index contributed by atoms with van der Waals surface area (Å²) in [6.07, 6.45) is 2.98. The first-order valence-electron chi connectivity index (χ1n) is 9.87. The van der Waals surface area contributed by atoms with Gasteiger partial charge in [0.25, 0.3) is 0 Å². The maximum absolute atomic E-state index is 11.8. The molecule has 154 valence electrons. The Morgan fingerprint density at radius 3 is 1.76 bits per heavy atom. The number of hydrogen-bond donors (Lipinski definition) is 2. The molecule has 2 aliphatic rings. The topological polar surface area (TPSA) is 105 Å². The molecule has 4 N–H and O–H groups in total. The summed E-state index contributed by atoms with van der Waals surface area (Å²) in [7, 11) is 1.37. The van der Waals surface area contributed by atoms with Gasteiger partial charge in [-0.3, -0.25) is 0 Å². The van der Waals surface area contributed by atoms with Gasteiger partial charge in [-0.15, -0.1) is 0 Å². The fraction of sp³-hybridized carbons (Fsp3) is 0.391. The maximum atomic E-state index is 11.8. The zero-order valence-electron chi connectivity index (χ0n) is 16.9. The monoisotopic (exact) mass is 396 g/mol. The van der Waals surface area contributed by atoms with Crippen LogP contribution in [-0.4, -0.2) is 25.7 Å². The van der Waals surface area contributed by atoms with E-state index >= 15 is 0 Å². The van der Waals surface area contributed by atoms with E-state index in [1.54, 1.807) is 6.92 Å². The third kappa shape index (κ3) is 3.78. The molecule has 6 heteroatoms. The van der Waals surface area contributed by atoms with Crippen molar-refractivity contribution in [2.24, 2.45) is 11.5 Å². The molecule has 0 bridgehead atoms. The van der Waals surface area contributed by atoms with E-state index in [9.17, 15) is 9.59 Å². The Hall–Kier alpha value is -2.70. The molecule has 0 saturated heterocycles. The molecule has 2 aromatic rings. The number of nitrogens with two attached hydrogens (primary N) is 2. The molecular formula is C23H28N2O4. The number of aryl methyl sites for hydroxylation is 2. The summed E-state index contributed by atoms with van der Waals surface area (Å²) < 4.78 is 9.75. The Morgan fingerprint density at radius 2 is 1.31 bits per heavy atom. The minimum Gasteiger partial charge on any atom is -0.467 e. The van der Waals surface area contributed by atoms with E-state index in [0.717, 1.165) is 35.1 Å². The molecule has 2 aromatic carbocycles. The van der Waals surface area contributed by atoms with E-state index in [-0.39, 0.29) is 11.9 Å². The van der Waals surface area contributed by atoms with Gasteiger partial charge >= 0.3 is 11.9 Å². The lowest BCUT2D eigenvalue weighted by Crippen LogP contribution is -2.44.